The van der Waals surface area contributed by atoms with Gasteiger partial charge < -0.3 is 39.2 Å². The monoisotopic (exact) mass is 584 g/mol. The molecule has 3 rings (SSSR count). The second-order valence-corrected chi connectivity index (χ2v) is 10.8. The molecule has 1 saturated carbocycles. The predicted octanol–water partition coefficient (Wildman–Crippen LogP) is -0.0640. The quantitative estimate of drug-likeness (QED) is 0.136. The first-order valence-electron chi connectivity index (χ1n) is 14.5. The highest BCUT2D eigenvalue weighted by atomic mass is 16.7. The van der Waals surface area contributed by atoms with Gasteiger partial charge in [-0.3, -0.25) is 14.9 Å². The zero-order chi connectivity index (χ0) is 30.3. The number of carbonyl (C=O) groups excluding carboxylic acids is 4. The first-order valence-corrected chi connectivity index (χ1v) is 14.5. The van der Waals surface area contributed by atoms with Crippen LogP contribution in [0.25, 0.3) is 0 Å². The molecule has 13 heteroatoms. The third kappa shape index (κ3) is 7.63. The van der Waals surface area contributed by atoms with Gasteiger partial charge in [-0.15, -0.1) is 0 Å². The van der Waals surface area contributed by atoms with Gasteiger partial charge in [0.1, 0.15) is 37.0 Å². The molecule has 0 unspecified atom stereocenters. The second kappa shape index (κ2) is 15.1. The zero-order valence-corrected chi connectivity index (χ0v) is 24.0. The number of amides is 1. The van der Waals surface area contributed by atoms with Gasteiger partial charge in [-0.05, 0) is 45.4 Å². The number of fused-ring (bicyclic) bond motifs is 1. The van der Waals surface area contributed by atoms with E-state index in [0.717, 1.165) is 19.3 Å². The van der Waals surface area contributed by atoms with Gasteiger partial charge in [0.05, 0.1) is 12.6 Å². The molecular weight excluding hydrogens is 540 g/mol. The molecular formula is C28H44N2O11. The highest BCUT2D eigenvalue weighted by Crippen LogP contribution is 2.41. The minimum atomic E-state index is -1.87. The Morgan fingerprint density at radius 3 is 2.41 bits per heavy atom. The molecule has 4 N–H and O–H groups in total. The van der Waals surface area contributed by atoms with Crippen molar-refractivity contribution in [3.63, 3.8) is 0 Å². The summed E-state index contributed by atoms with van der Waals surface area (Å²) in [6.07, 6.45) is -2.91. The third-order valence-corrected chi connectivity index (χ3v) is 7.96. The van der Waals surface area contributed by atoms with Crippen LogP contribution < -0.4 is 5.32 Å². The third-order valence-electron chi connectivity index (χ3n) is 7.96. The van der Waals surface area contributed by atoms with Crippen LogP contribution in [0, 0.1) is 5.92 Å². The first kappa shape index (κ1) is 32.9. The molecule has 13 nitrogen and oxygen atoms in total. The van der Waals surface area contributed by atoms with E-state index in [1.165, 1.54) is 11.0 Å². The number of aliphatic hydroxyl groups excluding tert-OH is 3. The highest BCUT2D eigenvalue weighted by Gasteiger charge is 2.53. The van der Waals surface area contributed by atoms with E-state index in [4.69, 9.17) is 18.9 Å². The van der Waals surface area contributed by atoms with E-state index in [-0.39, 0.29) is 31.1 Å². The van der Waals surface area contributed by atoms with Crippen LogP contribution in [0.5, 0.6) is 0 Å². The van der Waals surface area contributed by atoms with Gasteiger partial charge in [-0.1, -0.05) is 38.8 Å². The van der Waals surface area contributed by atoms with Crippen LogP contribution >= 0.6 is 0 Å². The van der Waals surface area contributed by atoms with E-state index in [9.17, 15) is 34.5 Å². The van der Waals surface area contributed by atoms with E-state index < -0.39 is 66.7 Å². The summed E-state index contributed by atoms with van der Waals surface area (Å²) in [6, 6.07) is -2.73. The number of likely N-dealkylation sites (tertiary alicyclic amines) is 1. The summed E-state index contributed by atoms with van der Waals surface area (Å²) in [7, 11) is 0. The molecule has 0 radical (unpaired) electrons. The Bertz CT molecular complexity index is 946. The van der Waals surface area contributed by atoms with Crippen LogP contribution in [0.2, 0.25) is 0 Å². The number of esters is 3. The van der Waals surface area contributed by atoms with Crippen molar-refractivity contribution in [2.24, 2.45) is 5.92 Å². The van der Waals surface area contributed by atoms with E-state index in [1.807, 2.05) is 6.92 Å². The number of ether oxygens (including phenoxy) is 4. The molecule has 2 aliphatic heterocycles. The van der Waals surface area contributed by atoms with Crippen LogP contribution in [-0.2, 0) is 38.1 Å². The Morgan fingerprint density at radius 1 is 1.05 bits per heavy atom. The average Bonchev–Trinajstić information content (AvgIpc) is 3.35. The lowest BCUT2D eigenvalue weighted by molar-refractivity contribution is -0.288. The Kier molecular flexibility index (Phi) is 12.1. The summed E-state index contributed by atoms with van der Waals surface area (Å²) in [5.74, 6) is -2.68. The van der Waals surface area contributed by atoms with Crippen molar-refractivity contribution in [2.75, 3.05) is 13.2 Å². The molecule has 1 amide bonds. The lowest BCUT2D eigenvalue weighted by Gasteiger charge is -2.39. The molecule has 0 spiro atoms. The number of carbonyl (C=O) groups is 4. The lowest BCUT2D eigenvalue weighted by Crippen LogP contribution is -2.61. The van der Waals surface area contributed by atoms with Crippen molar-refractivity contribution in [1.82, 2.24) is 10.2 Å². The van der Waals surface area contributed by atoms with Gasteiger partial charge in [0.15, 0.2) is 6.10 Å². The largest absolute Gasteiger partial charge is 0.465 e. The molecule has 2 saturated heterocycles. The fraction of sp³-hybridized carbons (Fsp3) is 0.786. The standard InChI is InChI=1S/C28H44N2O11/c1-5-10-17(25(35)38-7-3)29-15(4)24(34)30-18-12-9-8-11-16(18)14-19(30)26(36)41-28-22(33)20(31)21(32)23(40-28)27(37)39-13-6-2/h6,15-23,28-29,31-33H,2,5,7-14H2,1,3-4H3/t15-,16-,17-,18-,19-,20-,21-,22-,23+,28-/m0/s1. The Labute approximate surface area is 240 Å². The topological polar surface area (TPSA) is 181 Å². The Balaban J connectivity index is 1.78. The van der Waals surface area contributed by atoms with E-state index in [2.05, 4.69) is 11.9 Å². The van der Waals surface area contributed by atoms with Gasteiger partial charge in [-0.25, -0.2) is 9.59 Å². The van der Waals surface area contributed by atoms with Gasteiger partial charge in [0, 0.05) is 6.04 Å². The van der Waals surface area contributed by atoms with Gasteiger partial charge >= 0.3 is 17.9 Å². The smallest absolute Gasteiger partial charge is 0.338 e. The summed E-state index contributed by atoms with van der Waals surface area (Å²) >= 11 is 0. The second-order valence-electron chi connectivity index (χ2n) is 10.8. The van der Waals surface area contributed by atoms with E-state index in [0.29, 0.717) is 25.7 Å². The molecule has 232 valence electrons. The normalized spacial score (nSPS) is 32.8. The van der Waals surface area contributed by atoms with E-state index in [1.54, 1.807) is 13.8 Å². The van der Waals surface area contributed by atoms with Crippen molar-refractivity contribution in [2.45, 2.75) is 121 Å². The Hall–Kier alpha value is -2.58. The van der Waals surface area contributed by atoms with Gasteiger partial charge in [0.25, 0.3) is 0 Å². The van der Waals surface area contributed by atoms with Crippen molar-refractivity contribution in [3.05, 3.63) is 12.7 Å². The minimum absolute atomic E-state index is 0.0557. The van der Waals surface area contributed by atoms with Crippen molar-refractivity contribution in [1.29, 1.82) is 0 Å². The summed E-state index contributed by atoms with van der Waals surface area (Å²) in [4.78, 5) is 53.6. The molecule has 3 aliphatic rings. The van der Waals surface area contributed by atoms with Crippen LogP contribution in [-0.4, -0.2) is 112 Å². The maximum absolute atomic E-state index is 13.8. The van der Waals surface area contributed by atoms with Gasteiger partial charge in [-0.2, -0.15) is 0 Å². The molecule has 41 heavy (non-hydrogen) atoms. The number of hydrogen-bond donors (Lipinski definition) is 4. The first-order chi connectivity index (χ1) is 19.5. The molecule has 0 bridgehead atoms. The van der Waals surface area contributed by atoms with Crippen molar-refractivity contribution < 1.29 is 53.4 Å². The van der Waals surface area contributed by atoms with Crippen molar-refractivity contribution in [3.8, 4) is 0 Å². The predicted molar refractivity (Wildman–Crippen MR) is 143 cm³/mol. The molecule has 0 aromatic rings. The molecule has 2 heterocycles. The Morgan fingerprint density at radius 2 is 1.76 bits per heavy atom. The minimum Gasteiger partial charge on any atom is -0.465 e. The number of nitrogens with zero attached hydrogens (tertiary/aromatic N) is 1. The van der Waals surface area contributed by atoms with Crippen LogP contribution in [0.4, 0.5) is 0 Å². The maximum Gasteiger partial charge on any atom is 0.338 e. The maximum atomic E-state index is 13.8. The summed E-state index contributed by atoms with van der Waals surface area (Å²) < 4.78 is 20.9. The van der Waals surface area contributed by atoms with Crippen molar-refractivity contribution >= 4 is 23.8 Å². The lowest BCUT2D eigenvalue weighted by atomic mass is 9.84. The summed E-state index contributed by atoms with van der Waals surface area (Å²) in [5, 5.41) is 34.1. The molecule has 10 atom stereocenters. The SMILES string of the molecule is C=CCOC(=O)[C@@H]1O[C@@H](OC(=O)[C@@H]2C[C@@H]3CCCC[C@@H]3N2C(=O)[C@H](C)N[C@@H](CCC)C(=O)OCC)[C@@H](O)[C@@H](O)[C@@H]1O. The number of nitrogens with one attached hydrogen (secondary N) is 1. The molecule has 0 aromatic heterocycles. The van der Waals surface area contributed by atoms with Gasteiger partial charge in [0.2, 0.25) is 12.2 Å². The number of rotatable bonds is 12. The van der Waals surface area contributed by atoms with Crippen LogP contribution in [0.3, 0.4) is 0 Å². The summed E-state index contributed by atoms with van der Waals surface area (Å²) in [6.45, 7) is 8.71. The fourth-order valence-electron chi connectivity index (χ4n) is 5.94. The molecule has 0 aromatic carbocycles. The highest BCUT2D eigenvalue weighted by molar-refractivity contribution is 5.89. The molecule has 1 aliphatic carbocycles. The molecule has 3 fully saturated rings. The fourth-order valence-corrected chi connectivity index (χ4v) is 5.94. The van der Waals surface area contributed by atoms with Crippen LogP contribution in [0.15, 0.2) is 12.7 Å². The number of hydrogen-bond acceptors (Lipinski definition) is 12. The average molecular weight is 585 g/mol. The van der Waals surface area contributed by atoms with E-state index >= 15 is 0 Å². The summed E-state index contributed by atoms with van der Waals surface area (Å²) in [5.41, 5.74) is 0. The zero-order valence-electron chi connectivity index (χ0n) is 24.0. The van der Waals surface area contributed by atoms with Crippen LogP contribution in [0.1, 0.15) is 65.7 Å². The number of aliphatic hydroxyl groups is 3.